The third-order valence-electron chi connectivity index (χ3n) is 6.89. The largest absolute Gasteiger partial charge is 0.368 e. The summed E-state index contributed by atoms with van der Waals surface area (Å²) in [5, 5.41) is 4.27. The number of fused-ring (bicyclic) bond motifs is 1. The fraction of sp³-hybridized carbons (Fsp3) is 0.385. The van der Waals surface area contributed by atoms with Gasteiger partial charge in [-0.15, -0.1) is 0 Å². The summed E-state index contributed by atoms with van der Waals surface area (Å²) in [6.45, 7) is 7.77. The van der Waals surface area contributed by atoms with E-state index in [4.69, 9.17) is 23.2 Å². The molecular weight excluding hydrogens is 411 g/mol. The number of rotatable bonds is 4. The molecule has 0 aliphatic carbocycles. The molecule has 2 heterocycles. The van der Waals surface area contributed by atoms with Crippen molar-refractivity contribution < 1.29 is 0 Å². The molecule has 0 atom stereocenters. The molecule has 0 aromatic heterocycles. The molecule has 2 fully saturated rings. The van der Waals surface area contributed by atoms with E-state index in [0.29, 0.717) is 5.92 Å². The number of hydrogen-bond acceptors (Lipinski definition) is 2. The van der Waals surface area contributed by atoms with Crippen LogP contribution in [0, 0.1) is 5.92 Å². The quantitative estimate of drug-likeness (QED) is 0.433. The van der Waals surface area contributed by atoms with Crippen molar-refractivity contribution in [3.63, 3.8) is 0 Å². The first-order valence-corrected chi connectivity index (χ1v) is 11.8. The number of para-hydroxylation sites is 1. The number of anilines is 1. The second kappa shape index (κ2) is 8.42. The Hall–Kier alpha value is -1.74. The first-order chi connectivity index (χ1) is 14.6. The zero-order valence-electron chi connectivity index (χ0n) is 17.5. The molecule has 3 aromatic rings. The summed E-state index contributed by atoms with van der Waals surface area (Å²) in [4.78, 5) is 4.92. The summed E-state index contributed by atoms with van der Waals surface area (Å²) >= 11 is 12.8. The average molecular weight is 439 g/mol. The maximum atomic E-state index is 6.42. The van der Waals surface area contributed by atoms with Crippen molar-refractivity contribution in [3.8, 4) is 0 Å². The number of nitrogens with zero attached hydrogens (tertiary/aromatic N) is 2. The molecule has 0 unspecified atom stereocenters. The van der Waals surface area contributed by atoms with Gasteiger partial charge < -0.3 is 4.90 Å². The first kappa shape index (κ1) is 20.2. The van der Waals surface area contributed by atoms with Gasteiger partial charge in [-0.25, -0.2) is 0 Å². The molecule has 0 saturated carbocycles. The average Bonchev–Trinajstić information content (AvgIpc) is 2.72. The molecule has 5 rings (SSSR count). The molecule has 2 saturated heterocycles. The third kappa shape index (κ3) is 3.82. The predicted molar refractivity (Wildman–Crippen MR) is 129 cm³/mol. The van der Waals surface area contributed by atoms with E-state index in [2.05, 4.69) is 53.1 Å². The molecule has 0 N–H and O–H groups in total. The van der Waals surface area contributed by atoms with Gasteiger partial charge in [0.05, 0.1) is 15.7 Å². The lowest BCUT2D eigenvalue weighted by molar-refractivity contribution is 0.186. The normalized spacial score (nSPS) is 18.7. The van der Waals surface area contributed by atoms with E-state index in [1.54, 1.807) is 0 Å². The highest BCUT2D eigenvalue weighted by Crippen LogP contribution is 2.41. The lowest BCUT2D eigenvalue weighted by Crippen LogP contribution is -2.45. The Morgan fingerprint density at radius 2 is 1.50 bits per heavy atom. The van der Waals surface area contributed by atoms with Gasteiger partial charge in [0.1, 0.15) is 0 Å². The van der Waals surface area contributed by atoms with Crippen LogP contribution in [-0.2, 0) is 6.54 Å². The van der Waals surface area contributed by atoms with Crippen molar-refractivity contribution >= 4 is 39.7 Å². The van der Waals surface area contributed by atoms with Gasteiger partial charge in [-0.05, 0) is 65.9 Å². The molecule has 3 aromatic carbocycles. The second-order valence-corrected chi connectivity index (χ2v) is 9.80. The van der Waals surface area contributed by atoms with Crippen LogP contribution in [0.4, 0.5) is 5.69 Å². The Labute approximate surface area is 189 Å². The van der Waals surface area contributed by atoms with Crippen molar-refractivity contribution in [2.75, 3.05) is 31.1 Å². The van der Waals surface area contributed by atoms with Crippen LogP contribution in [-0.4, -0.2) is 31.1 Å². The summed E-state index contributed by atoms with van der Waals surface area (Å²) in [5.74, 6) is 1.38. The van der Waals surface area contributed by atoms with Crippen LogP contribution in [0.5, 0.6) is 0 Å². The Kier molecular flexibility index (Phi) is 5.66. The van der Waals surface area contributed by atoms with Gasteiger partial charge in [0, 0.05) is 25.6 Å². The van der Waals surface area contributed by atoms with E-state index < -0.39 is 0 Å². The minimum absolute atomic E-state index is 0.507. The SMILES string of the molecule is CC1CCN(Cc2ccc(C3CN(c4c(Cl)cccc4Cl)C3)c3ccccc23)CC1. The topological polar surface area (TPSA) is 6.48 Å². The zero-order valence-corrected chi connectivity index (χ0v) is 19.0. The van der Waals surface area contributed by atoms with Crippen LogP contribution >= 0.6 is 23.2 Å². The molecule has 0 spiro atoms. The zero-order chi connectivity index (χ0) is 20.7. The molecule has 0 amide bonds. The molecule has 2 nitrogen and oxygen atoms in total. The third-order valence-corrected chi connectivity index (χ3v) is 7.50. The highest BCUT2D eigenvalue weighted by atomic mass is 35.5. The number of benzene rings is 3. The molecular formula is C26H28Cl2N2. The molecule has 156 valence electrons. The first-order valence-electron chi connectivity index (χ1n) is 11.0. The van der Waals surface area contributed by atoms with Gasteiger partial charge in [-0.3, -0.25) is 4.90 Å². The summed E-state index contributed by atoms with van der Waals surface area (Å²) < 4.78 is 0. The molecule has 2 aliphatic heterocycles. The number of piperidine rings is 1. The van der Waals surface area contributed by atoms with Crippen molar-refractivity contribution in [2.45, 2.75) is 32.2 Å². The number of likely N-dealkylation sites (tertiary alicyclic amines) is 1. The van der Waals surface area contributed by atoms with E-state index in [0.717, 1.165) is 41.3 Å². The summed E-state index contributed by atoms with van der Waals surface area (Å²) in [7, 11) is 0. The fourth-order valence-electron chi connectivity index (χ4n) is 4.99. The Bertz CT molecular complexity index is 1030. The van der Waals surface area contributed by atoms with Gasteiger partial charge in [0.25, 0.3) is 0 Å². The standard InChI is InChI=1S/C26H28Cl2N2/c1-18-11-13-29(14-12-18)15-19-9-10-22(23-6-3-2-5-21(19)23)20-16-30(17-20)26-24(27)7-4-8-25(26)28/h2-10,18,20H,11-17H2,1H3. The van der Waals surface area contributed by atoms with Crippen LogP contribution in [0.2, 0.25) is 10.0 Å². The molecule has 30 heavy (non-hydrogen) atoms. The van der Waals surface area contributed by atoms with Crippen molar-refractivity contribution in [1.29, 1.82) is 0 Å². The lowest BCUT2D eigenvalue weighted by Gasteiger charge is -2.42. The van der Waals surface area contributed by atoms with Gasteiger partial charge in [-0.1, -0.05) is 72.6 Å². The van der Waals surface area contributed by atoms with Gasteiger partial charge >= 0.3 is 0 Å². The van der Waals surface area contributed by atoms with Gasteiger partial charge in [0.15, 0.2) is 0 Å². The summed E-state index contributed by atoms with van der Waals surface area (Å²) in [6.07, 6.45) is 2.64. The number of hydrogen-bond donors (Lipinski definition) is 0. The highest BCUT2D eigenvalue weighted by Gasteiger charge is 2.32. The molecule has 0 bridgehead atoms. The monoisotopic (exact) mass is 438 g/mol. The van der Waals surface area contributed by atoms with Crippen LogP contribution in [0.25, 0.3) is 10.8 Å². The fourth-order valence-corrected chi connectivity index (χ4v) is 5.63. The van der Waals surface area contributed by atoms with Crippen molar-refractivity contribution in [3.05, 3.63) is 75.8 Å². The van der Waals surface area contributed by atoms with E-state index in [1.807, 2.05) is 18.2 Å². The van der Waals surface area contributed by atoms with E-state index in [9.17, 15) is 0 Å². The maximum Gasteiger partial charge on any atom is 0.0745 e. The van der Waals surface area contributed by atoms with Crippen molar-refractivity contribution in [1.82, 2.24) is 4.90 Å². The smallest absolute Gasteiger partial charge is 0.0745 e. The Morgan fingerprint density at radius 1 is 0.833 bits per heavy atom. The van der Waals surface area contributed by atoms with Crippen LogP contribution in [0.3, 0.4) is 0 Å². The van der Waals surface area contributed by atoms with Crippen LogP contribution in [0.15, 0.2) is 54.6 Å². The summed E-state index contributed by atoms with van der Waals surface area (Å²) in [6, 6.07) is 19.4. The number of halogens is 2. The molecule has 2 aliphatic rings. The Balaban J connectivity index is 1.38. The van der Waals surface area contributed by atoms with Crippen molar-refractivity contribution in [2.24, 2.45) is 5.92 Å². The van der Waals surface area contributed by atoms with E-state index in [1.165, 1.54) is 47.8 Å². The van der Waals surface area contributed by atoms with Crippen LogP contribution in [0.1, 0.15) is 36.8 Å². The minimum Gasteiger partial charge on any atom is -0.368 e. The summed E-state index contributed by atoms with van der Waals surface area (Å²) in [5.41, 5.74) is 3.87. The minimum atomic E-state index is 0.507. The highest BCUT2D eigenvalue weighted by molar-refractivity contribution is 6.39. The van der Waals surface area contributed by atoms with Gasteiger partial charge in [0.2, 0.25) is 0 Å². The predicted octanol–water partition coefficient (Wildman–Crippen LogP) is 6.98. The Morgan fingerprint density at radius 3 is 2.20 bits per heavy atom. The molecule has 0 radical (unpaired) electrons. The van der Waals surface area contributed by atoms with E-state index >= 15 is 0 Å². The molecule has 4 heteroatoms. The lowest BCUT2D eigenvalue weighted by atomic mass is 9.86. The maximum absolute atomic E-state index is 6.42. The van der Waals surface area contributed by atoms with Gasteiger partial charge in [-0.2, -0.15) is 0 Å². The van der Waals surface area contributed by atoms with Crippen LogP contribution < -0.4 is 4.90 Å². The van der Waals surface area contributed by atoms with E-state index in [-0.39, 0.29) is 0 Å². The second-order valence-electron chi connectivity index (χ2n) is 8.99.